The average Bonchev–Trinajstić information content (AvgIpc) is 3.18. The number of nitrogen functional groups attached to an aromatic ring is 1. The molecule has 0 spiro atoms. The molecular formula is C21H28N4O5. The first-order valence-electron chi connectivity index (χ1n) is 10.0. The Labute approximate surface area is 174 Å². The van der Waals surface area contributed by atoms with Gasteiger partial charge in [-0.2, -0.15) is 0 Å². The molecule has 162 valence electrons. The number of H-pyrrole nitrogens is 1. The molecule has 0 bridgehead atoms. The molecule has 9 heteroatoms. The Kier molecular flexibility index (Phi) is 6.61. The van der Waals surface area contributed by atoms with Crippen LogP contribution in [-0.2, 0) is 6.54 Å². The molecule has 0 aliphatic carbocycles. The Balaban J connectivity index is 1.90. The topological polar surface area (TPSA) is 120 Å². The number of methoxy groups -OCH3 is 2. The van der Waals surface area contributed by atoms with Gasteiger partial charge in [-0.1, -0.05) is 13.0 Å². The molecule has 1 saturated heterocycles. The number of nitrogens with two attached hydrogens (primary N) is 1. The summed E-state index contributed by atoms with van der Waals surface area (Å²) < 4.78 is 12.0. The van der Waals surface area contributed by atoms with Gasteiger partial charge in [-0.3, -0.25) is 24.0 Å². The van der Waals surface area contributed by atoms with Crippen molar-refractivity contribution in [3.63, 3.8) is 0 Å². The number of ether oxygens (including phenoxy) is 2. The van der Waals surface area contributed by atoms with Crippen LogP contribution in [0, 0.1) is 0 Å². The van der Waals surface area contributed by atoms with Crippen LogP contribution in [0.3, 0.4) is 0 Å². The molecule has 2 aromatic rings. The zero-order valence-corrected chi connectivity index (χ0v) is 17.6. The van der Waals surface area contributed by atoms with Crippen molar-refractivity contribution in [3.05, 3.63) is 50.2 Å². The van der Waals surface area contributed by atoms with Crippen molar-refractivity contribution >= 4 is 11.6 Å². The third-order valence-corrected chi connectivity index (χ3v) is 5.48. The molecule has 1 atom stereocenters. The Morgan fingerprint density at radius 2 is 2.03 bits per heavy atom. The predicted molar refractivity (Wildman–Crippen MR) is 113 cm³/mol. The van der Waals surface area contributed by atoms with Gasteiger partial charge in [0.25, 0.3) is 5.56 Å². The van der Waals surface area contributed by atoms with Crippen molar-refractivity contribution < 1.29 is 14.3 Å². The molecule has 30 heavy (non-hydrogen) atoms. The van der Waals surface area contributed by atoms with E-state index >= 15 is 0 Å². The molecule has 0 saturated carbocycles. The summed E-state index contributed by atoms with van der Waals surface area (Å²) in [6.45, 7) is 2.95. The second kappa shape index (κ2) is 9.17. The van der Waals surface area contributed by atoms with Gasteiger partial charge < -0.3 is 15.2 Å². The normalized spacial score (nSPS) is 16.6. The maximum Gasteiger partial charge on any atom is 0.329 e. The molecule has 1 aliphatic heterocycles. The number of likely N-dealkylation sites (tertiary alicyclic amines) is 1. The number of aromatic amines is 1. The van der Waals surface area contributed by atoms with Gasteiger partial charge in [0.05, 0.1) is 20.8 Å². The van der Waals surface area contributed by atoms with E-state index in [1.165, 1.54) is 4.57 Å². The van der Waals surface area contributed by atoms with E-state index in [2.05, 4.69) is 4.98 Å². The lowest BCUT2D eigenvalue weighted by molar-refractivity contribution is 0.0919. The minimum Gasteiger partial charge on any atom is -0.497 e. The smallest absolute Gasteiger partial charge is 0.329 e. The SMILES string of the molecule is CCCn1c(N)c(C(=O)CN2CCC[C@@H]2c2ccc(OC)cc2OC)c(=O)[nH]c1=O. The Hall–Kier alpha value is -3.07. The third-order valence-electron chi connectivity index (χ3n) is 5.48. The molecule has 2 heterocycles. The highest BCUT2D eigenvalue weighted by Gasteiger charge is 2.31. The Bertz CT molecular complexity index is 1040. The van der Waals surface area contributed by atoms with Crippen molar-refractivity contribution in [3.8, 4) is 11.5 Å². The van der Waals surface area contributed by atoms with Crippen LogP contribution in [0.5, 0.6) is 11.5 Å². The summed E-state index contributed by atoms with van der Waals surface area (Å²) in [6, 6.07) is 5.58. The minimum atomic E-state index is -0.743. The number of Topliss-reactive ketones (excluding diaryl/α,β-unsaturated/α-hetero) is 1. The van der Waals surface area contributed by atoms with Gasteiger partial charge in [-0.05, 0) is 31.9 Å². The highest BCUT2D eigenvalue weighted by Crippen LogP contribution is 2.38. The number of rotatable bonds is 8. The van der Waals surface area contributed by atoms with Crippen LogP contribution in [0.15, 0.2) is 27.8 Å². The van der Waals surface area contributed by atoms with Gasteiger partial charge in [0, 0.05) is 24.2 Å². The van der Waals surface area contributed by atoms with Gasteiger partial charge in [0.2, 0.25) is 0 Å². The molecule has 0 unspecified atom stereocenters. The number of benzene rings is 1. The molecule has 3 N–H and O–H groups in total. The van der Waals surface area contributed by atoms with E-state index in [-0.39, 0.29) is 24.0 Å². The maximum atomic E-state index is 13.0. The van der Waals surface area contributed by atoms with Crippen LogP contribution in [0.2, 0.25) is 0 Å². The molecular weight excluding hydrogens is 388 g/mol. The van der Waals surface area contributed by atoms with Crippen molar-refractivity contribution in [2.45, 2.75) is 38.8 Å². The van der Waals surface area contributed by atoms with Gasteiger partial charge in [0.15, 0.2) is 5.78 Å². The number of hydrogen-bond acceptors (Lipinski definition) is 7. The summed E-state index contributed by atoms with van der Waals surface area (Å²) in [6.07, 6.45) is 2.42. The van der Waals surface area contributed by atoms with E-state index in [0.717, 1.165) is 18.4 Å². The number of nitrogens with one attached hydrogen (secondary N) is 1. The van der Waals surface area contributed by atoms with Crippen LogP contribution in [0.1, 0.15) is 48.1 Å². The second-order valence-corrected chi connectivity index (χ2v) is 7.33. The number of anilines is 1. The highest BCUT2D eigenvalue weighted by molar-refractivity contribution is 6.01. The number of hydrogen-bond donors (Lipinski definition) is 2. The quantitative estimate of drug-likeness (QED) is 0.627. The van der Waals surface area contributed by atoms with Gasteiger partial charge in [0.1, 0.15) is 22.9 Å². The summed E-state index contributed by atoms with van der Waals surface area (Å²) in [5.41, 5.74) is 5.50. The number of ketones is 1. The zero-order chi connectivity index (χ0) is 21.8. The molecule has 0 amide bonds. The van der Waals surface area contributed by atoms with Crippen LogP contribution in [0.4, 0.5) is 5.82 Å². The number of carbonyl (C=O) groups excluding carboxylic acids is 1. The first-order chi connectivity index (χ1) is 14.4. The minimum absolute atomic E-state index is 0.0253. The van der Waals surface area contributed by atoms with E-state index in [0.29, 0.717) is 31.0 Å². The maximum absolute atomic E-state index is 13.0. The van der Waals surface area contributed by atoms with Crippen LogP contribution < -0.4 is 26.5 Å². The van der Waals surface area contributed by atoms with E-state index in [1.54, 1.807) is 14.2 Å². The zero-order valence-electron chi connectivity index (χ0n) is 17.6. The summed E-state index contributed by atoms with van der Waals surface area (Å²) in [7, 11) is 3.19. The van der Waals surface area contributed by atoms with Crippen LogP contribution >= 0.6 is 0 Å². The van der Waals surface area contributed by atoms with Gasteiger partial charge in [-0.25, -0.2) is 4.79 Å². The number of carbonyl (C=O) groups is 1. The van der Waals surface area contributed by atoms with E-state index in [1.807, 2.05) is 30.0 Å². The largest absolute Gasteiger partial charge is 0.497 e. The molecule has 9 nitrogen and oxygen atoms in total. The lowest BCUT2D eigenvalue weighted by Crippen LogP contribution is -2.39. The monoisotopic (exact) mass is 416 g/mol. The molecule has 1 aliphatic rings. The molecule has 1 aromatic carbocycles. The Morgan fingerprint density at radius 3 is 2.70 bits per heavy atom. The van der Waals surface area contributed by atoms with E-state index in [4.69, 9.17) is 15.2 Å². The van der Waals surface area contributed by atoms with Crippen LogP contribution in [0.25, 0.3) is 0 Å². The molecule has 1 aromatic heterocycles. The molecule has 1 fully saturated rings. The lowest BCUT2D eigenvalue weighted by atomic mass is 10.0. The summed E-state index contributed by atoms with van der Waals surface area (Å²) in [4.78, 5) is 41.6. The summed E-state index contributed by atoms with van der Waals surface area (Å²) in [5, 5.41) is 0. The van der Waals surface area contributed by atoms with Crippen molar-refractivity contribution in [2.75, 3.05) is 33.0 Å². The Morgan fingerprint density at radius 1 is 1.27 bits per heavy atom. The molecule has 0 radical (unpaired) electrons. The highest BCUT2D eigenvalue weighted by atomic mass is 16.5. The fraction of sp³-hybridized carbons (Fsp3) is 0.476. The standard InChI is InChI=1S/C21H28N4O5/c1-4-9-25-19(22)18(20(27)23-21(25)28)16(26)12-24-10-5-6-15(24)14-8-7-13(29-2)11-17(14)30-3/h7-8,11,15H,4-6,9-10,12,22H2,1-3H3,(H,23,27,28)/t15-/m1/s1. The van der Waals surface area contributed by atoms with Gasteiger partial charge in [-0.15, -0.1) is 0 Å². The fourth-order valence-corrected chi connectivity index (χ4v) is 4.03. The molecule has 3 rings (SSSR count). The summed E-state index contributed by atoms with van der Waals surface area (Å²) in [5.74, 6) is 0.896. The second-order valence-electron chi connectivity index (χ2n) is 7.33. The van der Waals surface area contributed by atoms with Crippen molar-refractivity contribution in [1.82, 2.24) is 14.5 Å². The van der Waals surface area contributed by atoms with Crippen molar-refractivity contribution in [2.24, 2.45) is 0 Å². The number of aromatic nitrogens is 2. The fourth-order valence-electron chi connectivity index (χ4n) is 4.03. The van der Waals surface area contributed by atoms with Crippen molar-refractivity contribution in [1.29, 1.82) is 0 Å². The number of nitrogens with zero attached hydrogens (tertiary/aromatic N) is 2. The lowest BCUT2D eigenvalue weighted by Gasteiger charge is -2.26. The van der Waals surface area contributed by atoms with E-state index < -0.39 is 17.0 Å². The predicted octanol–water partition coefficient (Wildman–Crippen LogP) is 1.57. The van der Waals surface area contributed by atoms with E-state index in [9.17, 15) is 14.4 Å². The average molecular weight is 416 g/mol. The van der Waals surface area contributed by atoms with Crippen LogP contribution in [-0.4, -0.2) is 47.5 Å². The first-order valence-corrected chi connectivity index (χ1v) is 10.0. The first kappa shape index (κ1) is 21.6. The summed E-state index contributed by atoms with van der Waals surface area (Å²) >= 11 is 0. The van der Waals surface area contributed by atoms with Gasteiger partial charge >= 0.3 is 5.69 Å². The third kappa shape index (κ3) is 4.11.